The van der Waals surface area contributed by atoms with Crippen molar-refractivity contribution in [3.8, 4) is 0 Å². The summed E-state index contributed by atoms with van der Waals surface area (Å²) < 4.78 is 0. The topological polar surface area (TPSA) is 68.9 Å². The maximum Gasteiger partial charge on any atom is 0.231 e. The second kappa shape index (κ2) is 3.95. The van der Waals surface area contributed by atoms with Gasteiger partial charge in [-0.15, -0.1) is 22.7 Å². The third kappa shape index (κ3) is 1.72. The van der Waals surface area contributed by atoms with E-state index in [9.17, 15) is 4.79 Å². The fraction of sp³-hybridized carbons (Fsp3) is 0.125. The Morgan fingerprint density at radius 2 is 2.29 bits per heavy atom. The smallest absolute Gasteiger partial charge is 0.231 e. The molecule has 0 spiro atoms. The molecule has 2 rings (SSSR count). The second-order valence-corrected chi connectivity index (χ2v) is 4.19. The van der Waals surface area contributed by atoms with Gasteiger partial charge < -0.3 is 5.73 Å². The summed E-state index contributed by atoms with van der Waals surface area (Å²) in [6.45, 7) is 0.370. The molecule has 0 aliphatic carbocycles. The third-order valence-electron chi connectivity index (χ3n) is 1.62. The Hall–Kier alpha value is -1.11. The van der Waals surface area contributed by atoms with E-state index in [1.165, 1.54) is 22.7 Å². The Bertz CT molecular complexity index is 435. The Balaban J connectivity index is 2.28. The number of nitrogens with two attached hydrogens (primary N) is 1. The van der Waals surface area contributed by atoms with Crippen LogP contribution in [0.5, 0.6) is 0 Å². The summed E-state index contributed by atoms with van der Waals surface area (Å²) in [5, 5.41) is 4.19. The van der Waals surface area contributed by atoms with Crippen LogP contribution in [0, 0.1) is 0 Å². The zero-order valence-corrected chi connectivity index (χ0v) is 8.77. The number of hydrogen-bond acceptors (Lipinski definition) is 6. The van der Waals surface area contributed by atoms with E-state index in [1.54, 1.807) is 16.3 Å². The molecule has 2 aromatic rings. The van der Waals surface area contributed by atoms with Gasteiger partial charge in [0.25, 0.3) is 0 Å². The monoisotopic (exact) mass is 225 g/mol. The van der Waals surface area contributed by atoms with E-state index >= 15 is 0 Å². The van der Waals surface area contributed by atoms with Gasteiger partial charge in [-0.25, -0.2) is 9.97 Å². The highest BCUT2D eigenvalue weighted by molar-refractivity contribution is 7.10. The molecular weight excluding hydrogens is 218 g/mol. The van der Waals surface area contributed by atoms with E-state index in [1.807, 2.05) is 0 Å². The number of aromatic nitrogens is 2. The molecule has 0 atom stereocenters. The minimum atomic E-state index is -0.137. The van der Waals surface area contributed by atoms with Crippen molar-refractivity contribution in [2.24, 2.45) is 5.73 Å². The second-order valence-electron chi connectivity index (χ2n) is 2.53. The Morgan fingerprint density at radius 3 is 2.86 bits per heavy atom. The van der Waals surface area contributed by atoms with Crippen LogP contribution in [0.4, 0.5) is 0 Å². The molecule has 4 nitrogen and oxygen atoms in total. The minimum Gasteiger partial charge on any atom is -0.325 e. The summed E-state index contributed by atoms with van der Waals surface area (Å²) in [7, 11) is 0. The molecule has 0 amide bonds. The Labute approximate surface area is 88.4 Å². The van der Waals surface area contributed by atoms with E-state index in [0.29, 0.717) is 17.9 Å². The van der Waals surface area contributed by atoms with Gasteiger partial charge in [-0.3, -0.25) is 4.79 Å². The lowest BCUT2D eigenvalue weighted by Crippen LogP contribution is -2.03. The van der Waals surface area contributed by atoms with Crippen molar-refractivity contribution in [1.29, 1.82) is 0 Å². The molecule has 0 unspecified atom stereocenters. The van der Waals surface area contributed by atoms with Gasteiger partial charge in [-0.1, -0.05) is 0 Å². The first-order valence-corrected chi connectivity index (χ1v) is 5.71. The molecule has 0 aliphatic rings. The average Bonchev–Trinajstić information content (AvgIpc) is 2.88. The van der Waals surface area contributed by atoms with Crippen LogP contribution in [0.15, 0.2) is 16.3 Å². The molecule has 0 fully saturated rings. The molecule has 2 N–H and O–H groups in total. The molecule has 2 aromatic heterocycles. The van der Waals surface area contributed by atoms with Crippen molar-refractivity contribution in [1.82, 2.24) is 9.97 Å². The number of carbonyl (C=O) groups excluding carboxylic acids is 1. The summed E-state index contributed by atoms with van der Waals surface area (Å²) in [6.07, 6.45) is 0. The summed E-state index contributed by atoms with van der Waals surface area (Å²) in [4.78, 5) is 19.7. The van der Waals surface area contributed by atoms with Crippen molar-refractivity contribution in [3.05, 3.63) is 32.7 Å². The van der Waals surface area contributed by atoms with Crippen LogP contribution in [-0.4, -0.2) is 15.8 Å². The van der Waals surface area contributed by atoms with Crippen LogP contribution < -0.4 is 5.73 Å². The molecule has 72 valence electrons. The first-order chi connectivity index (χ1) is 6.81. The molecule has 0 saturated heterocycles. The van der Waals surface area contributed by atoms with Gasteiger partial charge in [0.05, 0.1) is 5.51 Å². The van der Waals surface area contributed by atoms with E-state index < -0.39 is 0 Å². The van der Waals surface area contributed by atoms with Crippen molar-refractivity contribution in [2.45, 2.75) is 6.54 Å². The molecule has 0 bridgehead atoms. The van der Waals surface area contributed by atoms with E-state index in [0.717, 1.165) is 5.01 Å². The summed E-state index contributed by atoms with van der Waals surface area (Å²) in [5.41, 5.74) is 7.91. The molecule has 0 aromatic carbocycles. The summed E-state index contributed by atoms with van der Waals surface area (Å²) >= 11 is 2.79. The predicted molar refractivity (Wildman–Crippen MR) is 55.6 cm³/mol. The van der Waals surface area contributed by atoms with Crippen LogP contribution in [-0.2, 0) is 6.54 Å². The average molecular weight is 225 g/mol. The highest BCUT2D eigenvalue weighted by atomic mass is 32.1. The Morgan fingerprint density at radius 1 is 1.43 bits per heavy atom. The highest BCUT2D eigenvalue weighted by Crippen LogP contribution is 2.13. The van der Waals surface area contributed by atoms with Crippen LogP contribution in [0.3, 0.4) is 0 Å². The van der Waals surface area contributed by atoms with Crippen LogP contribution in [0.25, 0.3) is 0 Å². The van der Waals surface area contributed by atoms with Gasteiger partial charge in [0.1, 0.15) is 16.4 Å². The van der Waals surface area contributed by atoms with Crippen LogP contribution >= 0.6 is 22.7 Å². The predicted octanol–water partition coefficient (Wildman–Crippen LogP) is 1.29. The molecule has 14 heavy (non-hydrogen) atoms. The zero-order valence-electron chi connectivity index (χ0n) is 7.14. The van der Waals surface area contributed by atoms with E-state index in [2.05, 4.69) is 9.97 Å². The number of rotatable bonds is 3. The number of ketones is 1. The third-order valence-corrected chi connectivity index (χ3v) is 3.08. The van der Waals surface area contributed by atoms with Crippen LogP contribution in [0.1, 0.15) is 21.2 Å². The normalized spacial score (nSPS) is 10.4. The molecular formula is C8H7N3OS2. The van der Waals surface area contributed by atoms with Crippen molar-refractivity contribution >= 4 is 28.5 Å². The number of thiazole rings is 2. The minimum absolute atomic E-state index is 0.137. The first-order valence-electron chi connectivity index (χ1n) is 3.88. The number of hydrogen-bond donors (Lipinski definition) is 1. The van der Waals surface area contributed by atoms with E-state index in [-0.39, 0.29) is 5.78 Å². The van der Waals surface area contributed by atoms with Crippen molar-refractivity contribution in [2.75, 3.05) is 0 Å². The summed E-state index contributed by atoms with van der Waals surface area (Å²) in [5.74, 6) is -0.137. The SMILES string of the molecule is NCc1nc(C(=O)c2cscn2)cs1. The summed E-state index contributed by atoms with van der Waals surface area (Å²) in [6, 6.07) is 0. The highest BCUT2D eigenvalue weighted by Gasteiger charge is 2.14. The standard InChI is InChI=1S/C8H7N3OS2/c9-1-7-11-6(3-14-7)8(12)5-2-13-4-10-5/h2-4H,1,9H2. The lowest BCUT2D eigenvalue weighted by molar-refractivity contribution is 0.103. The zero-order chi connectivity index (χ0) is 9.97. The largest absolute Gasteiger partial charge is 0.325 e. The lowest BCUT2D eigenvalue weighted by Gasteiger charge is -1.89. The maximum atomic E-state index is 11.7. The fourth-order valence-electron chi connectivity index (χ4n) is 0.965. The number of carbonyl (C=O) groups is 1. The maximum absolute atomic E-state index is 11.7. The van der Waals surface area contributed by atoms with Gasteiger partial charge in [0, 0.05) is 17.3 Å². The van der Waals surface area contributed by atoms with Gasteiger partial charge >= 0.3 is 0 Å². The molecule has 0 radical (unpaired) electrons. The quantitative estimate of drug-likeness (QED) is 0.799. The molecule has 0 saturated carbocycles. The van der Waals surface area contributed by atoms with Gasteiger partial charge in [-0.05, 0) is 0 Å². The van der Waals surface area contributed by atoms with Gasteiger partial charge in [-0.2, -0.15) is 0 Å². The Kier molecular flexibility index (Phi) is 2.67. The van der Waals surface area contributed by atoms with Crippen LogP contribution in [0.2, 0.25) is 0 Å². The van der Waals surface area contributed by atoms with Crippen molar-refractivity contribution < 1.29 is 4.79 Å². The number of nitrogens with zero attached hydrogens (tertiary/aromatic N) is 2. The fourth-order valence-corrected chi connectivity index (χ4v) is 2.15. The molecule has 2 heterocycles. The molecule has 0 aliphatic heterocycles. The van der Waals surface area contributed by atoms with E-state index in [4.69, 9.17) is 5.73 Å². The van der Waals surface area contributed by atoms with Crippen molar-refractivity contribution in [3.63, 3.8) is 0 Å². The first kappa shape index (κ1) is 9.45. The van der Waals surface area contributed by atoms with Gasteiger partial charge in [0.2, 0.25) is 5.78 Å². The molecule has 6 heteroatoms. The van der Waals surface area contributed by atoms with Gasteiger partial charge in [0.15, 0.2) is 0 Å². The lowest BCUT2D eigenvalue weighted by atomic mass is 10.2.